The third kappa shape index (κ3) is 2.49. The quantitative estimate of drug-likeness (QED) is 0.459. The molecule has 4 heteroatoms. The average Bonchev–Trinajstić information content (AvgIpc) is 2.74. The zero-order chi connectivity index (χ0) is 10.7. The highest BCUT2D eigenvalue weighted by molar-refractivity contribution is 7.12. The highest BCUT2D eigenvalue weighted by Crippen LogP contribution is 2.15. The van der Waals surface area contributed by atoms with Crippen molar-refractivity contribution in [2.24, 2.45) is 0 Å². The molecule has 1 atom stereocenters. The van der Waals surface area contributed by atoms with Crippen LogP contribution in [-0.2, 0) is 0 Å². The second-order valence-electron chi connectivity index (χ2n) is 3.17. The third-order valence-corrected chi connectivity index (χ3v) is 3.40. The monoisotopic (exact) mass is 239 g/mol. The van der Waals surface area contributed by atoms with Crippen molar-refractivity contribution >= 4 is 28.7 Å². The topological polar surface area (TPSA) is 20.3 Å². The van der Waals surface area contributed by atoms with Gasteiger partial charge in [0.25, 0.3) is 0 Å². The van der Waals surface area contributed by atoms with Gasteiger partial charge in [0.15, 0.2) is 5.78 Å². The molecule has 0 spiro atoms. The molecule has 1 aliphatic rings. The Morgan fingerprint density at radius 2 is 2.40 bits per heavy atom. The number of nitrogens with zero attached hydrogens (tertiary/aromatic N) is 1. The Morgan fingerprint density at radius 1 is 1.53 bits per heavy atom. The molecule has 0 bridgehead atoms. The van der Waals surface area contributed by atoms with E-state index >= 15 is 0 Å². The molecule has 1 aromatic rings. The number of alkyl halides is 1. The van der Waals surface area contributed by atoms with Crippen molar-refractivity contribution in [1.82, 2.24) is 4.90 Å². The van der Waals surface area contributed by atoms with Crippen LogP contribution in [0.4, 0.5) is 0 Å². The summed E-state index contributed by atoms with van der Waals surface area (Å²) in [7, 11) is 0. The lowest BCUT2D eigenvalue weighted by atomic mass is 10.2. The lowest BCUT2D eigenvalue weighted by molar-refractivity contribution is 0.0959. The molecule has 1 unspecified atom stereocenters. The first kappa shape index (κ1) is 10.5. The molecule has 0 fully saturated rings. The molecule has 2 rings (SSSR count). The lowest BCUT2D eigenvalue weighted by Gasteiger charge is -2.24. The Morgan fingerprint density at radius 3 is 3.07 bits per heavy atom. The number of thiophene rings is 1. The van der Waals surface area contributed by atoms with E-state index in [2.05, 4.69) is 0 Å². The third-order valence-electron chi connectivity index (χ3n) is 2.10. The number of Topliss-reactive ketones (excluding diaryl/α,β-unsaturated/α-hetero) is 1. The van der Waals surface area contributed by atoms with Crippen LogP contribution in [0, 0.1) is 0 Å². The maximum Gasteiger partial charge on any atom is 0.192 e. The van der Waals surface area contributed by atoms with E-state index in [1.807, 2.05) is 46.8 Å². The predicted octanol–water partition coefficient (Wildman–Crippen LogP) is 2.88. The molecule has 2 nitrogen and oxygen atoms in total. The van der Waals surface area contributed by atoms with Gasteiger partial charge in [0.05, 0.1) is 11.4 Å². The Hall–Kier alpha value is -1.06. The Kier molecular flexibility index (Phi) is 3.23. The van der Waals surface area contributed by atoms with E-state index in [1.165, 1.54) is 11.3 Å². The standard InChI is InChI=1S/C11H10ClNOS/c12-11-5-1-2-6-13(11)8-9(14)10-4-3-7-15-10/h1-7,11H,8H2. The number of halogens is 1. The minimum atomic E-state index is -0.223. The highest BCUT2D eigenvalue weighted by atomic mass is 35.5. The highest BCUT2D eigenvalue weighted by Gasteiger charge is 2.16. The molecule has 0 amide bonds. The fraction of sp³-hybridized carbons (Fsp3) is 0.182. The first-order valence-corrected chi connectivity index (χ1v) is 5.90. The summed E-state index contributed by atoms with van der Waals surface area (Å²) in [6, 6.07) is 3.71. The molecule has 2 heterocycles. The van der Waals surface area contributed by atoms with E-state index in [1.54, 1.807) is 0 Å². The molecule has 0 saturated carbocycles. The molecule has 15 heavy (non-hydrogen) atoms. The van der Waals surface area contributed by atoms with E-state index in [0.29, 0.717) is 6.54 Å². The summed E-state index contributed by atoms with van der Waals surface area (Å²) < 4.78 is 0. The average molecular weight is 240 g/mol. The summed E-state index contributed by atoms with van der Waals surface area (Å²) >= 11 is 7.49. The Labute approximate surface area is 97.5 Å². The molecule has 0 aromatic carbocycles. The SMILES string of the molecule is O=C(CN1C=CC=CC1Cl)c1cccs1. The van der Waals surface area contributed by atoms with Gasteiger partial charge in [-0.25, -0.2) is 0 Å². The van der Waals surface area contributed by atoms with Crippen LogP contribution < -0.4 is 0 Å². The molecule has 78 valence electrons. The van der Waals surface area contributed by atoms with Crippen molar-refractivity contribution in [2.75, 3.05) is 6.54 Å². The van der Waals surface area contributed by atoms with Crippen LogP contribution in [0.3, 0.4) is 0 Å². The van der Waals surface area contributed by atoms with E-state index in [-0.39, 0.29) is 11.3 Å². The van der Waals surface area contributed by atoms with Gasteiger partial charge < -0.3 is 4.90 Å². The second kappa shape index (κ2) is 4.64. The minimum Gasteiger partial charge on any atom is -0.350 e. The molecule has 0 saturated heterocycles. The van der Waals surface area contributed by atoms with Crippen LogP contribution in [0.1, 0.15) is 9.67 Å². The maximum atomic E-state index is 11.8. The first-order valence-electron chi connectivity index (χ1n) is 4.59. The number of carbonyl (C=O) groups is 1. The largest absolute Gasteiger partial charge is 0.350 e. The van der Waals surface area contributed by atoms with Gasteiger partial charge in [-0.1, -0.05) is 23.7 Å². The fourth-order valence-electron chi connectivity index (χ4n) is 1.33. The van der Waals surface area contributed by atoms with E-state index in [4.69, 9.17) is 11.6 Å². The Bertz CT molecular complexity index is 397. The molecular formula is C11H10ClNOS. The zero-order valence-corrected chi connectivity index (χ0v) is 9.54. The summed E-state index contributed by atoms with van der Waals surface area (Å²) in [6.07, 6.45) is 7.44. The van der Waals surface area contributed by atoms with Gasteiger partial charge in [0.1, 0.15) is 5.50 Å². The minimum absolute atomic E-state index is 0.107. The zero-order valence-electron chi connectivity index (χ0n) is 7.97. The normalized spacial score (nSPS) is 19.5. The summed E-state index contributed by atoms with van der Waals surface area (Å²) in [5.74, 6) is 0.107. The number of ketones is 1. The number of rotatable bonds is 3. The number of carbonyl (C=O) groups excluding carboxylic acids is 1. The van der Waals surface area contributed by atoms with Crippen molar-refractivity contribution < 1.29 is 4.79 Å². The van der Waals surface area contributed by atoms with Crippen LogP contribution in [0.5, 0.6) is 0 Å². The summed E-state index contributed by atoms with van der Waals surface area (Å²) in [5.41, 5.74) is -0.223. The van der Waals surface area contributed by atoms with Crippen molar-refractivity contribution in [3.8, 4) is 0 Å². The van der Waals surface area contributed by atoms with Gasteiger partial charge in [-0.05, 0) is 23.6 Å². The smallest absolute Gasteiger partial charge is 0.192 e. The molecule has 0 aliphatic carbocycles. The van der Waals surface area contributed by atoms with E-state index < -0.39 is 0 Å². The Balaban J connectivity index is 2.01. The van der Waals surface area contributed by atoms with Crippen molar-refractivity contribution in [1.29, 1.82) is 0 Å². The van der Waals surface area contributed by atoms with Crippen LogP contribution in [0.2, 0.25) is 0 Å². The molecular weight excluding hydrogens is 230 g/mol. The van der Waals surface area contributed by atoms with Crippen LogP contribution in [0.15, 0.2) is 41.9 Å². The van der Waals surface area contributed by atoms with Gasteiger partial charge in [-0.3, -0.25) is 4.79 Å². The van der Waals surface area contributed by atoms with Gasteiger partial charge in [-0.2, -0.15) is 0 Å². The summed E-state index contributed by atoms with van der Waals surface area (Å²) in [6.45, 7) is 0.329. The summed E-state index contributed by atoms with van der Waals surface area (Å²) in [5, 5.41) is 1.90. The number of allylic oxidation sites excluding steroid dienone is 2. The lowest BCUT2D eigenvalue weighted by Crippen LogP contribution is -2.31. The van der Waals surface area contributed by atoms with Gasteiger partial charge in [0.2, 0.25) is 0 Å². The predicted molar refractivity (Wildman–Crippen MR) is 63.3 cm³/mol. The van der Waals surface area contributed by atoms with E-state index in [9.17, 15) is 4.79 Å². The van der Waals surface area contributed by atoms with Crippen LogP contribution >= 0.6 is 22.9 Å². The molecule has 0 radical (unpaired) electrons. The van der Waals surface area contributed by atoms with E-state index in [0.717, 1.165) is 4.88 Å². The number of hydrogen-bond donors (Lipinski definition) is 0. The van der Waals surface area contributed by atoms with Gasteiger partial charge in [0, 0.05) is 6.20 Å². The van der Waals surface area contributed by atoms with Gasteiger partial charge >= 0.3 is 0 Å². The fourth-order valence-corrected chi connectivity index (χ4v) is 2.20. The summed E-state index contributed by atoms with van der Waals surface area (Å²) in [4.78, 5) is 14.4. The van der Waals surface area contributed by atoms with Crippen LogP contribution in [-0.4, -0.2) is 22.7 Å². The first-order chi connectivity index (χ1) is 7.27. The van der Waals surface area contributed by atoms with Crippen LogP contribution in [0.25, 0.3) is 0 Å². The molecule has 1 aliphatic heterocycles. The molecule has 1 aromatic heterocycles. The second-order valence-corrected chi connectivity index (χ2v) is 4.57. The van der Waals surface area contributed by atoms with Crippen molar-refractivity contribution in [3.05, 3.63) is 46.8 Å². The number of hydrogen-bond acceptors (Lipinski definition) is 3. The maximum absolute atomic E-state index is 11.8. The van der Waals surface area contributed by atoms with Crippen molar-refractivity contribution in [2.45, 2.75) is 5.50 Å². The van der Waals surface area contributed by atoms with Crippen molar-refractivity contribution in [3.63, 3.8) is 0 Å². The molecule has 0 N–H and O–H groups in total. The van der Waals surface area contributed by atoms with Gasteiger partial charge in [-0.15, -0.1) is 11.3 Å².